The van der Waals surface area contributed by atoms with Gasteiger partial charge in [0.1, 0.15) is 11.4 Å². The molecule has 2 aromatic carbocycles. The van der Waals surface area contributed by atoms with Crippen molar-refractivity contribution in [3.63, 3.8) is 0 Å². The summed E-state index contributed by atoms with van der Waals surface area (Å²) in [5.74, 6) is -1.13. The van der Waals surface area contributed by atoms with Crippen molar-refractivity contribution < 1.29 is 22.9 Å². The van der Waals surface area contributed by atoms with Crippen molar-refractivity contribution in [1.29, 1.82) is 0 Å². The highest BCUT2D eigenvalue weighted by Gasteiger charge is 2.42. The van der Waals surface area contributed by atoms with E-state index >= 15 is 0 Å². The smallest absolute Gasteiger partial charge is 0.269 e. The molecule has 156 valence electrons. The van der Waals surface area contributed by atoms with E-state index in [1.165, 1.54) is 35.2 Å². The number of hydrogen-bond donors (Lipinski definition) is 0. The average Bonchev–Trinajstić information content (AvgIpc) is 2.95. The van der Waals surface area contributed by atoms with Crippen LogP contribution in [0.5, 0.6) is 0 Å². The van der Waals surface area contributed by atoms with Gasteiger partial charge in [-0.05, 0) is 24.3 Å². The van der Waals surface area contributed by atoms with E-state index in [0.717, 1.165) is 5.69 Å². The summed E-state index contributed by atoms with van der Waals surface area (Å²) in [6.45, 7) is 1.15. The number of nitrogens with zero attached hydrogens (tertiary/aromatic N) is 4. The summed E-state index contributed by atoms with van der Waals surface area (Å²) in [6.07, 6.45) is 0. The number of piperazine rings is 1. The lowest BCUT2D eigenvalue weighted by Gasteiger charge is -2.36. The molecule has 2 aliphatic heterocycles. The summed E-state index contributed by atoms with van der Waals surface area (Å²) in [7, 11) is -4.02. The van der Waals surface area contributed by atoms with Crippen molar-refractivity contribution in [3.8, 4) is 0 Å². The SMILES string of the molecule is O=C(CN1C(=O)c2ccccc2S1(=O)=O)N1CCN(c2ccc([N+](=O)[O-])cc2)CC1. The Kier molecular flexibility index (Phi) is 4.90. The van der Waals surface area contributed by atoms with Gasteiger partial charge in [0, 0.05) is 44.0 Å². The molecular weight excluding hydrogens is 412 g/mol. The van der Waals surface area contributed by atoms with E-state index in [1.54, 1.807) is 18.2 Å². The summed E-state index contributed by atoms with van der Waals surface area (Å²) in [5, 5.41) is 10.8. The zero-order valence-electron chi connectivity index (χ0n) is 15.8. The number of hydrogen-bond acceptors (Lipinski definition) is 7. The van der Waals surface area contributed by atoms with Gasteiger partial charge < -0.3 is 9.80 Å². The molecular formula is C19H18N4O6S. The first kappa shape index (κ1) is 19.8. The highest BCUT2D eigenvalue weighted by molar-refractivity contribution is 7.90. The maximum atomic E-state index is 12.7. The second-order valence-electron chi connectivity index (χ2n) is 6.95. The van der Waals surface area contributed by atoms with E-state index in [-0.39, 0.29) is 16.1 Å². The molecule has 2 aliphatic rings. The Morgan fingerprint density at radius 2 is 1.63 bits per heavy atom. The van der Waals surface area contributed by atoms with Crippen LogP contribution < -0.4 is 4.90 Å². The second-order valence-corrected chi connectivity index (χ2v) is 8.79. The van der Waals surface area contributed by atoms with Crippen LogP contribution in [0.1, 0.15) is 10.4 Å². The Morgan fingerprint density at radius 1 is 1.00 bits per heavy atom. The predicted molar refractivity (Wildman–Crippen MR) is 107 cm³/mol. The molecule has 2 heterocycles. The molecule has 0 aromatic heterocycles. The van der Waals surface area contributed by atoms with Crippen LogP contribution in [0.2, 0.25) is 0 Å². The lowest BCUT2D eigenvalue weighted by atomic mass is 10.2. The van der Waals surface area contributed by atoms with Crippen LogP contribution in [0.4, 0.5) is 11.4 Å². The van der Waals surface area contributed by atoms with Crippen LogP contribution in [0.3, 0.4) is 0 Å². The largest absolute Gasteiger partial charge is 0.368 e. The first-order valence-corrected chi connectivity index (χ1v) is 10.7. The first-order valence-electron chi connectivity index (χ1n) is 9.22. The zero-order chi connectivity index (χ0) is 21.5. The van der Waals surface area contributed by atoms with Gasteiger partial charge in [0.15, 0.2) is 0 Å². The fourth-order valence-electron chi connectivity index (χ4n) is 3.61. The van der Waals surface area contributed by atoms with Crippen molar-refractivity contribution in [3.05, 3.63) is 64.2 Å². The van der Waals surface area contributed by atoms with Crippen molar-refractivity contribution in [2.24, 2.45) is 0 Å². The number of carbonyl (C=O) groups excluding carboxylic acids is 2. The molecule has 4 rings (SSSR count). The highest BCUT2D eigenvalue weighted by atomic mass is 32.2. The first-order chi connectivity index (χ1) is 14.3. The summed E-state index contributed by atoms with van der Waals surface area (Å²) >= 11 is 0. The molecule has 1 fully saturated rings. The number of amides is 2. The van der Waals surface area contributed by atoms with Crippen LogP contribution in [0, 0.1) is 10.1 Å². The minimum Gasteiger partial charge on any atom is -0.368 e. The summed E-state index contributed by atoms with van der Waals surface area (Å²) in [6, 6.07) is 12.1. The number of fused-ring (bicyclic) bond motifs is 1. The highest BCUT2D eigenvalue weighted by Crippen LogP contribution is 2.30. The van der Waals surface area contributed by atoms with Crippen molar-refractivity contribution >= 4 is 33.2 Å². The molecule has 0 aliphatic carbocycles. The molecule has 11 heteroatoms. The molecule has 2 amide bonds. The third-order valence-corrected chi connectivity index (χ3v) is 7.04. The molecule has 0 radical (unpaired) electrons. The van der Waals surface area contributed by atoms with Crippen LogP contribution in [-0.4, -0.2) is 67.1 Å². The number of nitro groups is 1. The molecule has 0 spiro atoms. The van der Waals surface area contributed by atoms with E-state index < -0.39 is 33.3 Å². The third kappa shape index (κ3) is 3.36. The van der Waals surface area contributed by atoms with E-state index in [1.807, 2.05) is 4.90 Å². The van der Waals surface area contributed by atoms with Gasteiger partial charge in [-0.25, -0.2) is 12.7 Å². The summed E-state index contributed by atoms with van der Waals surface area (Å²) < 4.78 is 25.8. The van der Waals surface area contributed by atoms with Gasteiger partial charge in [0.25, 0.3) is 21.6 Å². The van der Waals surface area contributed by atoms with E-state index in [4.69, 9.17) is 0 Å². The third-order valence-electron chi connectivity index (χ3n) is 5.25. The number of rotatable bonds is 4. The average molecular weight is 430 g/mol. The monoisotopic (exact) mass is 430 g/mol. The summed E-state index contributed by atoms with van der Waals surface area (Å²) in [4.78, 5) is 38.9. The van der Waals surface area contributed by atoms with Gasteiger partial charge >= 0.3 is 0 Å². The Bertz CT molecular complexity index is 1120. The van der Waals surface area contributed by atoms with Crippen LogP contribution >= 0.6 is 0 Å². The maximum absolute atomic E-state index is 12.7. The Labute approximate surface area is 172 Å². The molecule has 0 atom stereocenters. The van der Waals surface area contributed by atoms with Crippen LogP contribution in [0.15, 0.2) is 53.4 Å². The van der Waals surface area contributed by atoms with Gasteiger partial charge in [-0.15, -0.1) is 0 Å². The molecule has 0 saturated carbocycles. The molecule has 2 aromatic rings. The number of sulfonamides is 1. The van der Waals surface area contributed by atoms with Crippen molar-refractivity contribution in [2.75, 3.05) is 37.6 Å². The normalized spacial score (nSPS) is 17.7. The fourth-order valence-corrected chi connectivity index (χ4v) is 5.13. The Balaban J connectivity index is 1.39. The Hall–Kier alpha value is -3.47. The van der Waals surface area contributed by atoms with Gasteiger partial charge in [-0.3, -0.25) is 19.7 Å². The molecule has 0 unspecified atom stereocenters. The topological polar surface area (TPSA) is 121 Å². The Morgan fingerprint density at radius 3 is 2.23 bits per heavy atom. The number of non-ortho nitro benzene ring substituents is 1. The molecule has 10 nitrogen and oxygen atoms in total. The minimum absolute atomic E-state index is 0.00468. The van der Waals surface area contributed by atoms with Gasteiger partial charge in [-0.2, -0.15) is 0 Å². The summed E-state index contributed by atoms with van der Waals surface area (Å²) in [5.41, 5.74) is 0.888. The molecule has 0 N–H and O–H groups in total. The molecule has 0 bridgehead atoms. The maximum Gasteiger partial charge on any atom is 0.269 e. The quantitative estimate of drug-likeness (QED) is 0.526. The number of benzene rings is 2. The number of nitro benzene ring substituents is 1. The van der Waals surface area contributed by atoms with E-state index in [2.05, 4.69) is 0 Å². The van der Waals surface area contributed by atoms with E-state index in [0.29, 0.717) is 30.5 Å². The molecule has 1 saturated heterocycles. The second kappa shape index (κ2) is 7.41. The van der Waals surface area contributed by atoms with E-state index in [9.17, 15) is 28.1 Å². The number of carbonyl (C=O) groups is 2. The fraction of sp³-hybridized carbons (Fsp3) is 0.263. The lowest BCUT2D eigenvalue weighted by Crippen LogP contribution is -2.51. The van der Waals surface area contributed by atoms with Crippen LogP contribution in [0.25, 0.3) is 0 Å². The standard InChI is InChI=1S/C19H18N4O6S/c24-18(13-22-19(25)16-3-1-2-4-17(16)30(22,28)29)21-11-9-20(10-12-21)14-5-7-15(8-6-14)23(26)27/h1-8H,9-13H2. The minimum atomic E-state index is -4.02. The predicted octanol–water partition coefficient (Wildman–Crippen LogP) is 1.09. The van der Waals surface area contributed by atoms with Gasteiger partial charge in [0.05, 0.1) is 10.5 Å². The van der Waals surface area contributed by atoms with Gasteiger partial charge in [0.2, 0.25) is 5.91 Å². The van der Waals surface area contributed by atoms with Crippen molar-refractivity contribution in [2.45, 2.75) is 4.90 Å². The lowest BCUT2D eigenvalue weighted by molar-refractivity contribution is -0.384. The number of anilines is 1. The molecule has 30 heavy (non-hydrogen) atoms. The van der Waals surface area contributed by atoms with Gasteiger partial charge in [-0.1, -0.05) is 12.1 Å². The van der Waals surface area contributed by atoms with Crippen LogP contribution in [-0.2, 0) is 14.8 Å². The zero-order valence-corrected chi connectivity index (χ0v) is 16.6. The van der Waals surface area contributed by atoms with Crippen molar-refractivity contribution in [1.82, 2.24) is 9.21 Å².